The van der Waals surface area contributed by atoms with Gasteiger partial charge in [0.15, 0.2) is 5.58 Å². The van der Waals surface area contributed by atoms with Crippen molar-refractivity contribution in [2.45, 2.75) is 18.1 Å². The number of halogens is 2. The second-order valence-electron chi connectivity index (χ2n) is 5.40. The second kappa shape index (κ2) is 6.89. The Kier molecular flexibility index (Phi) is 4.79. The summed E-state index contributed by atoms with van der Waals surface area (Å²) in [5.41, 5.74) is 1.19. The van der Waals surface area contributed by atoms with Crippen molar-refractivity contribution in [2.24, 2.45) is 7.05 Å². The lowest BCUT2D eigenvalue weighted by Gasteiger charge is -2.08. The van der Waals surface area contributed by atoms with Gasteiger partial charge in [0.25, 0.3) is 0 Å². The highest BCUT2D eigenvalue weighted by molar-refractivity contribution is 7.89. The van der Waals surface area contributed by atoms with Gasteiger partial charge in [-0.3, -0.25) is 4.57 Å². The number of nitrogens with zero attached hydrogens (tertiary/aromatic N) is 1. The van der Waals surface area contributed by atoms with Crippen LogP contribution in [-0.2, 0) is 23.6 Å². The van der Waals surface area contributed by atoms with Crippen LogP contribution in [0, 0.1) is 0 Å². The van der Waals surface area contributed by atoms with E-state index >= 15 is 0 Å². The number of hydrogen-bond donors (Lipinski definition) is 1. The van der Waals surface area contributed by atoms with Gasteiger partial charge >= 0.3 is 12.4 Å². The monoisotopic (exact) mass is 384 g/mol. The van der Waals surface area contributed by atoms with E-state index in [2.05, 4.69) is 9.46 Å². The number of rotatable bonds is 6. The third-order valence-corrected chi connectivity index (χ3v) is 5.09. The molecule has 0 aliphatic carbocycles. The van der Waals surface area contributed by atoms with E-state index in [4.69, 9.17) is 4.42 Å². The first-order chi connectivity index (χ1) is 12.3. The Morgan fingerprint density at radius 1 is 1.19 bits per heavy atom. The van der Waals surface area contributed by atoms with E-state index in [-0.39, 0.29) is 22.8 Å². The lowest BCUT2D eigenvalue weighted by Crippen LogP contribution is -2.23. The smallest absolute Gasteiger partial charge is 0.419 e. The zero-order valence-electron chi connectivity index (χ0n) is 13.5. The van der Waals surface area contributed by atoms with E-state index in [1.54, 1.807) is 0 Å². The largest absolute Gasteiger partial charge is 0.435 e. The average Bonchev–Trinajstić information content (AvgIpc) is 2.88. The molecule has 7 nitrogen and oxygen atoms in total. The molecule has 3 aromatic rings. The van der Waals surface area contributed by atoms with Crippen LogP contribution >= 0.6 is 0 Å². The molecule has 0 bridgehead atoms. The number of aryl methyl sites for hydroxylation is 1. The van der Waals surface area contributed by atoms with Gasteiger partial charge in [0.2, 0.25) is 10.0 Å². The van der Waals surface area contributed by atoms with Crippen molar-refractivity contribution in [3.63, 3.8) is 0 Å². The summed E-state index contributed by atoms with van der Waals surface area (Å²) in [6.45, 7) is -2.97. The van der Waals surface area contributed by atoms with Crippen LogP contribution in [0.1, 0.15) is 5.56 Å². The summed E-state index contributed by atoms with van der Waals surface area (Å²) < 4.78 is 61.9. The Morgan fingerprint density at radius 3 is 2.54 bits per heavy atom. The minimum absolute atomic E-state index is 0.0174. The lowest BCUT2D eigenvalue weighted by molar-refractivity contribution is -0.0498. The van der Waals surface area contributed by atoms with E-state index in [0.29, 0.717) is 11.1 Å². The van der Waals surface area contributed by atoms with Crippen LogP contribution in [0.15, 0.2) is 56.6 Å². The molecule has 1 heterocycles. The van der Waals surface area contributed by atoms with Crippen molar-refractivity contribution >= 4 is 21.1 Å². The SMILES string of the molecule is Cn1c(=O)oc2cc(S(=O)(=O)NCc3ccc(OC(F)F)cc3)ccc21. The zero-order chi connectivity index (χ0) is 18.9. The summed E-state index contributed by atoms with van der Waals surface area (Å²) in [6, 6.07) is 9.68. The van der Waals surface area contributed by atoms with Gasteiger partial charge in [0.05, 0.1) is 10.4 Å². The molecule has 0 atom stereocenters. The number of alkyl halides is 2. The van der Waals surface area contributed by atoms with E-state index in [1.165, 1.54) is 54.1 Å². The van der Waals surface area contributed by atoms with Gasteiger partial charge in [-0.2, -0.15) is 8.78 Å². The van der Waals surface area contributed by atoms with Gasteiger partial charge in [-0.25, -0.2) is 17.9 Å². The Bertz CT molecular complexity index is 1090. The maximum Gasteiger partial charge on any atom is 0.419 e. The predicted molar refractivity (Wildman–Crippen MR) is 88.6 cm³/mol. The molecule has 0 aliphatic heterocycles. The molecule has 0 fully saturated rings. The molecule has 0 saturated heterocycles. The van der Waals surface area contributed by atoms with Gasteiger partial charge in [-0.05, 0) is 29.8 Å². The van der Waals surface area contributed by atoms with Gasteiger partial charge < -0.3 is 9.15 Å². The molecule has 0 spiro atoms. The molecule has 0 aliphatic rings. The molecule has 1 N–H and O–H groups in total. The summed E-state index contributed by atoms with van der Waals surface area (Å²) in [7, 11) is -2.34. The number of benzene rings is 2. The van der Waals surface area contributed by atoms with Gasteiger partial charge in [0.1, 0.15) is 5.75 Å². The molecule has 1 aromatic heterocycles. The maximum atomic E-state index is 12.4. The molecular formula is C16H14F2N2O5S. The molecule has 0 unspecified atom stereocenters. The molecular weight excluding hydrogens is 370 g/mol. The third kappa shape index (κ3) is 3.75. The van der Waals surface area contributed by atoms with E-state index in [0.717, 1.165) is 0 Å². The number of oxazole rings is 1. The summed E-state index contributed by atoms with van der Waals surface area (Å²) in [5.74, 6) is -0.607. The number of sulfonamides is 1. The standard InChI is InChI=1S/C16H14F2N2O5S/c1-20-13-7-6-12(8-14(13)25-16(20)21)26(22,23)19-9-10-2-4-11(5-3-10)24-15(17)18/h2-8,15,19H,9H2,1H3. The van der Waals surface area contributed by atoms with E-state index < -0.39 is 22.4 Å². The summed E-state index contributed by atoms with van der Waals surface area (Å²) in [6.07, 6.45) is 0. The Labute approximate surface area is 146 Å². The summed E-state index contributed by atoms with van der Waals surface area (Å²) in [5, 5.41) is 0. The quantitative estimate of drug-likeness (QED) is 0.704. The molecule has 10 heteroatoms. The highest BCUT2D eigenvalue weighted by Crippen LogP contribution is 2.19. The number of aromatic nitrogens is 1. The fourth-order valence-corrected chi connectivity index (χ4v) is 3.36. The number of nitrogens with one attached hydrogen (secondary N) is 1. The fraction of sp³-hybridized carbons (Fsp3) is 0.188. The zero-order valence-corrected chi connectivity index (χ0v) is 14.3. The molecule has 0 radical (unpaired) electrons. The van der Waals surface area contributed by atoms with Crippen LogP contribution < -0.4 is 15.2 Å². The molecule has 2 aromatic carbocycles. The minimum Gasteiger partial charge on any atom is -0.435 e. The van der Waals surface area contributed by atoms with Crippen molar-refractivity contribution in [3.8, 4) is 5.75 Å². The number of ether oxygens (including phenoxy) is 1. The molecule has 138 valence electrons. The van der Waals surface area contributed by atoms with E-state index in [1.807, 2.05) is 0 Å². The summed E-state index contributed by atoms with van der Waals surface area (Å²) >= 11 is 0. The number of fused-ring (bicyclic) bond motifs is 1. The predicted octanol–water partition coefficient (Wildman–Crippen LogP) is 2.21. The topological polar surface area (TPSA) is 90.5 Å². The molecule has 0 amide bonds. The average molecular weight is 384 g/mol. The lowest BCUT2D eigenvalue weighted by atomic mass is 10.2. The minimum atomic E-state index is -3.86. The van der Waals surface area contributed by atoms with Gasteiger partial charge in [0, 0.05) is 19.7 Å². The van der Waals surface area contributed by atoms with Crippen molar-refractivity contribution < 1.29 is 26.4 Å². The Morgan fingerprint density at radius 2 is 1.88 bits per heavy atom. The first-order valence-corrected chi connectivity index (χ1v) is 8.87. The molecule has 26 heavy (non-hydrogen) atoms. The fourth-order valence-electron chi connectivity index (χ4n) is 2.33. The van der Waals surface area contributed by atoms with Crippen molar-refractivity contribution in [2.75, 3.05) is 0 Å². The Hall–Kier alpha value is -2.72. The van der Waals surface area contributed by atoms with Gasteiger partial charge in [-0.1, -0.05) is 12.1 Å². The molecule has 3 rings (SSSR count). The van der Waals surface area contributed by atoms with Gasteiger partial charge in [-0.15, -0.1) is 0 Å². The van der Waals surface area contributed by atoms with Crippen molar-refractivity contribution in [3.05, 3.63) is 58.6 Å². The van der Waals surface area contributed by atoms with Crippen LogP contribution in [0.25, 0.3) is 11.1 Å². The maximum absolute atomic E-state index is 12.4. The highest BCUT2D eigenvalue weighted by Gasteiger charge is 2.17. The summed E-state index contributed by atoms with van der Waals surface area (Å²) in [4.78, 5) is 11.4. The normalized spacial score (nSPS) is 12.0. The van der Waals surface area contributed by atoms with Crippen LogP contribution in [0.4, 0.5) is 8.78 Å². The number of hydrogen-bond acceptors (Lipinski definition) is 5. The van der Waals surface area contributed by atoms with Crippen LogP contribution in [-0.4, -0.2) is 19.6 Å². The first kappa shape index (κ1) is 18.1. The Balaban J connectivity index is 1.75. The second-order valence-corrected chi connectivity index (χ2v) is 7.17. The highest BCUT2D eigenvalue weighted by atomic mass is 32.2. The van der Waals surface area contributed by atoms with Crippen molar-refractivity contribution in [1.29, 1.82) is 0 Å². The first-order valence-electron chi connectivity index (χ1n) is 7.39. The van der Waals surface area contributed by atoms with Crippen LogP contribution in [0.2, 0.25) is 0 Å². The van der Waals surface area contributed by atoms with Crippen LogP contribution in [0.5, 0.6) is 5.75 Å². The van der Waals surface area contributed by atoms with Crippen molar-refractivity contribution in [1.82, 2.24) is 9.29 Å². The molecule has 0 saturated carbocycles. The van der Waals surface area contributed by atoms with Crippen LogP contribution in [0.3, 0.4) is 0 Å². The van der Waals surface area contributed by atoms with E-state index in [9.17, 15) is 22.0 Å². The third-order valence-electron chi connectivity index (χ3n) is 3.69.